The SMILES string of the molecule is Cc1ccnc2c1C1CCC(CC1)OC[C@H]1C(NS(=O)(=O)[C@H]3CCOC3)CCCN1C(=O)CO2. The van der Waals surface area contributed by atoms with Crippen molar-refractivity contribution in [1.82, 2.24) is 14.6 Å². The number of hydrogen-bond acceptors (Lipinski definition) is 7. The summed E-state index contributed by atoms with van der Waals surface area (Å²) in [6, 6.07) is 1.24. The molecular weight excluding hydrogens is 458 g/mol. The highest BCUT2D eigenvalue weighted by atomic mass is 32.2. The van der Waals surface area contributed by atoms with Gasteiger partial charge in [0.15, 0.2) is 6.61 Å². The molecule has 1 N–H and O–H groups in total. The molecule has 5 heterocycles. The highest BCUT2D eigenvalue weighted by molar-refractivity contribution is 7.90. The van der Waals surface area contributed by atoms with Gasteiger partial charge in [-0.05, 0) is 69.4 Å². The van der Waals surface area contributed by atoms with Crippen molar-refractivity contribution < 1.29 is 27.4 Å². The molecule has 6 rings (SSSR count). The molecule has 1 aliphatic carbocycles. The average molecular weight is 494 g/mol. The van der Waals surface area contributed by atoms with Crippen LogP contribution in [0.3, 0.4) is 0 Å². The molecule has 4 aliphatic heterocycles. The fourth-order valence-corrected chi connectivity index (χ4v) is 7.47. The number of nitrogens with zero attached hydrogens (tertiary/aromatic N) is 2. The van der Waals surface area contributed by atoms with Crippen LogP contribution in [0.5, 0.6) is 5.88 Å². The highest BCUT2D eigenvalue weighted by Crippen LogP contribution is 2.39. The molecule has 2 saturated heterocycles. The van der Waals surface area contributed by atoms with Crippen LogP contribution in [0.25, 0.3) is 0 Å². The Hall–Kier alpha value is -1.75. The Morgan fingerprint density at radius 3 is 2.71 bits per heavy atom. The zero-order valence-electron chi connectivity index (χ0n) is 19.8. The molecular formula is C24H35N3O6S. The number of aryl methyl sites for hydroxylation is 1. The van der Waals surface area contributed by atoms with Gasteiger partial charge in [-0.3, -0.25) is 4.79 Å². The third-order valence-corrected chi connectivity index (χ3v) is 9.71. The van der Waals surface area contributed by atoms with Gasteiger partial charge in [0.1, 0.15) is 5.25 Å². The first-order chi connectivity index (χ1) is 16.4. The molecule has 1 unspecified atom stereocenters. The Morgan fingerprint density at radius 1 is 1.12 bits per heavy atom. The first kappa shape index (κ1) is 24.0. The van der Waals surface area contributed by atoms with E-state index in [1.54, 1.807) is 11.1 Å². The van der Waals surface area contributed by atoms with E-state index in [1.807, 2.05) is 6.07 Å². The Balaban J connectivity index is 1.40. The van der Waals surface area contributed by atoms with Crippen LogP contribution in [-0.2, 0) is 24.3 Å². The van der Waals surface area contributed by atoms with Gasteiger partial charge in [-0.2, -0.15) is 0 Å². The minimum atomic E-state index is -3.55. The molecule has 3 atom stereocenters. The summed E-state index contributed by atoms with van der Waals surface area (Å²) >= 11 is 0. The second-order valence-electron chi connectivity index (χ2n) is 9.99. The summed E-state index contributed by atoms with van der Waals surface area (Å²) in [7, 11) is -3.55. The van der Waals surface area contributed by atoms with Crippen LogP contribution >= 0.6 is 0 Å². The standard InChI is InChI=1S/C24H35N3O6S/c1-16-8-10-25-24-23(16)17-4-6-18(7-5-17)32-14-21-20(3-2-11-27(21)22(28)15-33-24)26-34(29,30)19-9-12-31-13-19/h8,10,17-21,26H,2-7,9,11-15H2,1H3/t17?,18?,19-,20?,21-/m0/s1. The molecule has 1 aromatic rings. The first-order valence-corrected chi connectivity index (χ1v) is 14.1. The van der Waals surface area contributed by atoms with Crippen molar-refractivity contribution in [3.63, 3.8) is 0 Å². The van der Waals surface area contributed by atoms with Crippen LogP contribution in [0, 0.1) is 6.92 Å². The molecule has 5 aliphatic rings. The van der Waals surface area contributed by atoms with E-state index in [4.69, 9.17) is 14.2 Å². The number of amides is 1. The van der Waals surface area contributed by atoms with Gasteiger partial charge in [-0.25, -0.2) is 18.1 Å². The van der Waals surface area contributed by atoms with Crippen molar-refractivity contribution in [3.05, 3.63) is 23.4 Å². The monoisotopic (exact) mass is 493 g/mol. The van der Waals surface area contributed by atoms with Gasteiger partial charge in [-0.1, -0.05) is 0 Å². The van der Waals surface area contributed by atoms with Crippen molar-refractivity contribution in [2.75, 3.05) is 33.0 Å². The molecule has 34 heavy (non-hydrogen) atoms. The lowest BCUT2D eigenvalue weighted by molar-refractivity contribution is -0.140. The van der Waals surface area contributed by atoms with E-state index in [9.17, 15) is 13.2 Å². The Bertz CT molecular complexity index is 988. The maximum atomic E-state index is 13.3. The summed E-state index contributed by atoms with van der Waals surface area (Å²) in [5, 5.41) is -0.543. The summed E-state index contributed by atoms with van der Waals surface area (Å²) in [6.07, 6.45) is 7.53. The smallest absolute Gasteiger partial charge is 0.260 e. The number of carbonyl (C=O) groups is 1. The van der Waals surface area contributed by atoms with Crippen molar-refractivity contribution in [2.24, 2.45) is 0 Å². The van der Waals surface area contributed by atoms with Gasteiger partial charge in [0.05, 0.1) is 25.4 Å². The van der Waals surface area contributed by atoms with E-state index in [2.05, 4.69) is 16.6 Å². The molecule has 2 bridgehead atoms. The van der Waals surface area contributed by atoms with Crippen molar-refractivity contribution >= 4 is 15.9 Å². The molecule has 1 saturated carbocycles. The number of nitrogens with one attached hydrogen (secondary N) is 1. The van der Waals surface area contributed by atoms with E-state index < -0.39 is 21.3 Å². The van der Waals surface area contributed by atoms with Gasteiger partial charge in [0.25, 0.3) is 5.91 Å². The van der Waals surface area contributed by atoms with E-state index in [0.717, 1.165) is 43.2 Å². The number of fused-ring (bicyclic) bond motifs is 5. The van der Waals surface area contributed by atoms with Gasteiger partial charge in [0, 0.05) is 31.0 Å². The van der Waals surface area contributed by atoms with Crippen molar-refractivity contribution in [3.8, 4) is 5.88 Å². The van der Waals surface area contributed by atoms with E-state index >= 15 is 0 Å². The maximum Gasteiger partial charge on any atom is 0.260 e. The molecule has 0 radical (unpaired) electrons. The number of hydrogen-bond donors (Lipinski definition) is 1. The van der Waals surface area contributed by atoms with Gasteiger partial charge in [0.2, 0.25) is 15.9 Å². The van der Waals surface area contributed by atoms with E-state index in [-0.39, 0.29) is 31.3 Å². The number of piperidine rings is 1. The summed E-state index contributed by atoms with van der Waals surface area (Å²) in [5.41, 5.74) is 2.24. The Labute approximate surface area is 201 Å². The zero-order valence-corrected chi connectivity index (χ0v) is 20.6. The Morgan fingerprint density at radius 2 is 1.94 bits per heavy atom. The molecule has 0 spiro atoms. The quantitative estimate of drug-likeness (QED) is 0.685. The summed E-state index contributed by atoms with van der Waals surface area (Å²) in [4.78, 5) is 19.5. The fraction of sp³-hybridized carbons (Fsp3) is 0.750. The lowest BCUT2D eigenvalue weighted by Gasteiger charge is -2.42. The van der Waals surface area contributed by atoms with Gasteiger partial charge < -0.3 is 19.1 Å². The van der Waals surface area contributed by atoms with Crippen LogP contribution in [-0.4, -0.2) is 80.6 Å². The number of aromatic nitrogens is 1. The first-order valence-electron chi connectivity index (χ1n) is 12.5. The van der Waals surface area contributed by atoms with Crippen molar-refractivity contribution in [2.45, 2.75) is 81.2 Å². The second kappa shape index (κ2) is 10.1. The number of ether oxygens (including phenoxy) is 3. The van der Waals surface area contributed by atoms with Crippen LogP contribution in [0.2, 0.25) is 0 Å². The van der Waals surface area contributed by atoms with Crippen molar-refractivity contribution in [1.29, 1.82) is 0 Å². The topological polar surface area (TPSA) is 107 Å². The molecule has 1 amide bonds. The minimum Gasteiger partial charge on any atom is -0.467 e. The number of carbonyl (C=O) groups excluding carboxylic acids is 1. The Kier molecular flexibility index (Phi) is 7.11. The van der Waals surface area contributed by atoms with Gasteiger partial charge >= 0.3 is 0 Å². The third kappa shape index (κ3) is 4.96. The van der Waals surface area contributed by atoms with Crippen LogP contribution in [0.1, 0.15) is 62.0 Å². The second-order valence-corrected chi connectivity index (χ2v) is 12.0. The molecule has 9 nitrogen and oxygen atoms in total. The minimum absolute atomic E-state index is 0.109. The normalized spacial score (nSPS) is 32.7. The lowest BCUT2D eigenvalue weighted by Crippen LogP contribution is -2.60. The van der Waals surface area contributed by atoms with Crippen LogP contribution in [0.15, 0.2) is 12.3 Å². The zero-order chi connectivity index (χ0) is 23.7. The predicted octanol–water partition coefficient (Wildman–Crippen LogP) is 1.89. The summed E-state index contributed by atoms with van der Waals surface area (Å²) < 4.78 is 46.6. The lowest BCUT2D eigenvalue weighted by atomic mass is 9.81. The van der Waals surface area contributed by atoms with Gasteiger partial charge in [-0.15, -0.1) is 0 Å². The molecule has 188 valence electrons. The predicted molar refractivity (Wildman–Crippen MR) is 125 cm³/mol. The fourth-order valence-electron chi connectivity index (χ4n) is 5.90. The maximum absolute atomic E-state index is 13.3. The average Bonchev–Trinajstić information content (AvgIpc) is 3.38. The molecule has 3 fully saturated rings. The summed E-state index contributed by atoms with van der Waals surface area (Å²) in [6.45, 7) is 3.50. The number of pyridine rings is 1. The molecule has 1 aromatic heterocycles. The molecule has 10 heteroatoms. The van der Waals surface area contributed by atoms with Crippen LogP contribution in [0.4, 0.5) is 0 Å². The molecule has 0 aromatic carbocycles. The largest absolute Gasteiger partial charge is 0.467 e. The number of sulfonamides is 1. The third-order valence-electron chi connectivity index (χ3n) is 7.83. The summed E-state index contributed by atoms with van der Waals surface area (Å²) in [5.74, 6) is 0.724. The van der Waals surface area contributed by atoms with Crippen LogP contribution < -0.4 is 9.46 Å². The highest BCUT2D eigenvalue weighted by Gasteiger charge is 2.40. The van der Waals surface area contributed by atoms with E-state index in [0.29, 0.717) is 44.4 Å². The van der Waals surface area contributed by atoms with E-state index in [1.165, 1.54) is 0 Å². The number of rotatable bonds is 3.